The lowest BCUT2D eigenvalue weighted by molar-refractivity contribution is -0.128. The Kier molecular flexibility index (Phi) is 6.22. The number of hydrogen-bond donors (Lipinski definition) is 1. The van der Waals surface area contributed by atoms with Crippen LogP contribution in [0.3, 0.4) is 0 Å². The van der Waals surface area contributed by atoms with Crippen LogP contribution in [-0.2, 0) is 4.79 Å². The molecule has 0 saturated heterocycles. The number of hydrogen-bond acceptors (Lipinski definition) is 2. The van der Waals surface area contributed by atoms with Crippen molar-refractivity contribution in [2.24, 2.45) is 0 Å². The number of carbonyl (C=O) groups is 1. The molecule has 1 N–H and O–H groups in total. The summed E-state index contributed by atoms with van der Waals surface area (Å²) in [6.45, 7) is 8.61. The number of nitrogens with one attached hydrogen (secondary N) is 1. The van der Waals surface area contributed by atoms with Gasteiger partial charge in [0.05, 0.1) is 6.54 Å². The molecule has 3 nitrogen and oxygen atoms in total. The fourth-order valence-electron chi connectivity index (χ4n) is 1.48. The predicted molar refractivity (Wildman–Crippen MR) is 79.6 cm³/mol. The van der Waals surface area contributed by atoms with Gasteiger partial charge >= 0.3 is 0 Å². The van der Waals surface area contributed by atoms with Crippen LogP contribution in [0.15, 0.2) is 54.0 Å². The van der Waals surface area contributed by atoms with Crippen molar-refractivity contribution >= 4 is 27.5 Å². The highest BCUT2D eigenvalue weighted by molar-refractivity contribution is 9.10. The summed E-state index contributed by atoms with van der Waals surface area (Å²) in [5.41, 5.74) is 0.912. The molecular weight excluding hydrogens is 292 g/mol. The van der Waals surface area contributed by atoms with Gasteiger partial charge in [-0.1, -0.05) is 34.1 Å². The molecule has 1 amide bonds. The van der Waals surface area contributed by atoms with Gasteiger partial charge in [-0.3, -0.25) is 4.79 Å². The van der Waals surface area contributed by atoms with Crippen molar-refractivity contribution < 1.29 is 4.79 Å². The summed E-state index contributed by atoms with van der Waals surface area (Å²) >= 11 is 3.39. The fraction of sp³-hybridized carbons (Fsp3) is 0.214. The SMILES string of the molecule is C=CCN(CC=C)C(=O)CNc1cccc(Br)c1. The van der Waals surface area contributed by atoms with Crippen LogP contribution in [0.5, 0.6) is 0 Å². The Hall–Kier alpha value is -1.55. The van der Waals surface area contributed by atoms with Crippen LogP contribution in [0.25, 0.3) is 0 Å². The summed E-state index contributed by atoms with van der Waals surface area (Å²) in [6.07, 6.45) is 3.42. The minimum Gasteiger partial charge on any atom is -0.376 e. The van der Waals surface area contributed by atoms with Crippen LogP contribution in [0.2, 0.25) is 0 Å². The molecule has 0 spiro atoms. The third-order valence-electron chi connectivity index (χ3n) is 2.32. The zero-order valence-electron chi connectivity index (χ0n) is 10.2. The van der Waals surface area contributed by atoms with Crippen molar-refractivity contribution in [1.29, 1.82) is 0 Å². The topological polar surface area (TPSA) is 32.3 Å². The van der Waals surface area contributed by atoms with Gasteiger partial charge in [0.1, 0.15) is 0 Å². The minimum absolute atomic E-state index is 0.0229. The number of anilines is 1. The molecule has 0 unspecified atom stereocenters. The second-order valence-electron chi connectivity index (χ2n) is 3.74. The first kappa shape index (κ1) is 14.5. The lowest BCUT2D eigenvalue weighted by atomic mass is 10.3. The summed E-state index contributed by atoms with van der Waals surface area (Å²) in [5, 5.41) is 3.09. The first-order valence-corrected chi connectivity index (χ1v) is 6.45. The van der Waals surface area contributed by atoms with Crippen molar-refractivity contribution in [2.45, 2.75) is 0 Å². The Morgan fingerprint density at radius 2 is 2.00 bits per heavy atom. The maximum atomic E-state index is 11.9. The lowest BCUT2D eigenvalue weighted by Gasteiger charge is -2.19. The Morgan fingerprint density at radius 3 is 2.56 bits per heavy atom. The largest absolute Gasteiger partial charge is 0.376 e. The molecule has 0 aliphatic rings. The highest BCUT2D eigenvalue weighted by Crippen LogP contribution is 2.15. The van der Waals surface area contributed by atoms with Crippen LogP contribution >= 0.6 is 15.9 Å². The van der Waals surface area contributed by atoms with E-state index in [9.17, 15) is 4.79 Å². The van der Waals surface area contributed by atoms with Crippen LogP contribution in [0, 0.1) is 0 Å². The predicted octanol–water partition coefficient (Wildman–Crippen LogP) is 3.06. The number of halogens is 1. The molecule has 1 aromatic carbocycles. The number of carbonyl (C=O) groups excluding carboxylic acids is 1. The second-order valence-corrected chi connectivity index (χ2v) is 4.66. The van der Waals surface area contributed by atoms with Crippen LogP contribution in [0.4, 0.5) is 5.69 Å². The van der Waals surface area contributed by atoms with E-state index in [2.05, 4.69) is 34.4 Å². The minimum atomic E-state index is 0.0229. The Morgan fingerprint density at radius 1 is 1.33 bits per heavy atom. The normalized spacial score (nSPS) is 9.61. The summed E-state index contributed by atoms with van der Waals surface area (Å²) in [6, 6.07) is 7.71. The van der Waals surface area contributed by atoms with E-state index in [4.69, 9.17) is 0 Å². The first-order valence-electron chi connectivity index (χ1n) is 5.66. The molecule has 18 heavy (non-hydrogen) atoms. The molecule has 4 heteroatoms. The molecule has 0 heterocycles. The summed E-state index contributed by atoms with van der Waals surface area (Å²) in [4.78, 5) is 13.6. The molecule has 1 aromatic rings. The lowest BCUT2D eigenvalue weighted by Crippen LogP contribution is -2.35. The number of nitrogens with zero attached hydrogens (tertiary/aromatic N) is 1. The van der Waals surface area contributed by atoms with Gasteiger partial charge in [-0.15, -0.1) is 13.2 Å². The number of amides is 1. The van der Waals surface area contributed by atoms with Gasteiger partial charge in [-0.25, -0.2) is 0 Å². The van der Waals surface area contributed by atoms with E-state index in [0.29, 0.717) is 13.1 Å². The maximum Gasteiger partial charge on any atom is 0.242 e. The molecule has 0 fully saturated rings. The molecule has 1 rings (SSSR count). The van der Waals surface area contributed by atoms with Gasteiger partial charge < -0.3 is 10.2 Å². The van der Waals surface area contributed by atoms with Gasteiger partial charge in [-0.2, -0.15) is 0 Å². The van der Waals surface area contributed by atoms with E-state index in [1.54, 1.807) is 17.1 Å². The molecule has 0 aromatic heterocycles. The quantitative estimate of drug-likeness (QED) is 0.785. The molecule has 0 aliphatic carbocycles. The third-order valence-corrected chi connectivity index (χ3v) is 2.81. The Labute approximate surface area is 116 Å². The monoisotopic (exact) mass is 308 g/mol. The molecule has 0 radical (unpaired) electrons. The molecule has 96 valence electrons. The zero-order valence-corrected chi connectivity index (χ0v) is 11.8. The third kappa shape index (κ3) is 4.75. The fourth-order valence-corrected chi connectivity index (χ4v) is 1.88. The van der Waals surface area contributed by atoms with E-state index in [1.807, 2.05) is 24.3 Å². The second kappa shape index (κ2) is 7.71. The Balaban J connectivity index is 2.53. The van der Waals surface area contributed by atoms with Gasteiger partial charge in [-0.05, 0) is 18.2 Å². The van der Waals surface area contributed by atoms with E-state index < -0.39 is 0 Å². The molecule has 0 bridgehead atoms. The molecule has 0 atom stereocenters. The van der Waals surface area contributed by atoms with Crippen LogP contribution < -0.4 is 5.32 Å². The van der Waals surface area contributed by atoms with Crippen molar-refractivity contribution in [1.82, 2.24) is 4.90 Å². The Bertz CT molecular complexity index is 422. The first-order chi connectivity index (χ1) is 8.67. The van der Waals surface area contributed by atoms with Crippen molar-refractivity contribution in [2.75, 3.05) is 25.0 Å². The summed E-state index contributed by atoms with van der Waals surface area (Å²) < 4.78 is 0.981. The van der Waals surface area contributed by atoms with Gasteiger partial charge in [0, 0.05) is 23.2 Å². The van der Waals surface area contributed by atoms with E-state index in [-0.39, 0.29) is 12.5 Å². The number of rotatable bonds is 7. The van der Waals surface area contributed by atoms with E-state index >= 15 is 0 Å². The standard InChI is InChI=1S/C14H17BrN2O/c1-3-8-17(9-4-2)14(18)11-16-13-7-5-6-12(15)10-13/h3-7,10,16H,1-2,8-9,11H2. The van der Waals surface area contributed by atoms with Gasteiger partial charge in [0.2, 0.25) is 5.91 Å². The van der Waals surface area contributed by atoms with Crippen molar-refractivity contribution in [3.8, 4) is 0 Å². The van der Waals surface area contributed by atoms with Crippen molar-refractivity contribution in [3.63, 3.8) is 0 Å². The summed E-state index contributed by atoms with van der Waals surface area (Å²) in [5.74, 6) is 0.0229. The highest BCUT2D eigenvalue weighted by atomic mass is 79.9. The maximum absolute atomic E-state index is 11.9. The molecular formula is C14H17BrN2O. The zero-order chi connectivity index (χ0) is 13.4. The van der Waals surface area contributed by atoms with Crippen molar-refractivity contribution in [3.05, 3.63) is 54.0 Å². The highest BCUT2D eigenvalue weighted by Gasteiger charge is 2.09. The smallest absolute Gasteiger partial charge is 0.242 e. The average Bonchev–Trinajstić information content (AvgIpc) is 2.36. The van der Waals surface area contributed by atoms with Gasteiger partial charge in [0.15, 0.2) is 0 Å². The van der Waals surface area contributed by atoms with E-state index in [0.717, 1.165) is 10.2 Å². The molecule has 0 saturated carbocycles. The van der Waals surface area contributed by atoms with Gasteiger partial charge in [0.25, 0.3) is 0 Å². The van der Waals surface area contributed by atoms with E-state index in [1.165, 1.54) is 0 Å². The number of benzene rings is 1. The molecule has 0 aliphatic heterocycles. The summed E-state index contributed by atoms with van der Waals surface area (Å²) in [7, 11) is 0. The average molecular weight is 309 g/mol. The van der Waals surface area contributed by atoms with Crippen LogP contribution in [-0.4, -0.2) is 30.4 Å². The van der Waals surface area contributed by atoms with Crippen LogP contribution in [0.1, 0.15) is 0 Å².